The smallest absolute Gasteiger partial charge is 0.309 e. The predicted molar refractivity (Wildman–Crippen MR) is 234 cm³/mol. The molecule has 2 aromatic rings. The lowest BCUT2D eigenvalue weighted by Crippen LogP contribution is -2.58. The van der Waals surface area contributed by atoms with Gasteiger partial charge >= 0.3 is 5.97 Å². The number of hydrogen-bond acceptors (Lipinski definition) is 9. The van der Waals surface area contributed by atoms with Gasteiger partial charge in [0.05, 0.1) is 23.2 Å². The number of carbonyl (C=O) groups is 4. The van der Waals surface area contributed by atoms with Gasteiger partial charge in [0.15, 0.2) is 0 Å². The first-order valence-corrected chi connectivity index (χ1v) is 22.4. The second kappa shape index (κ2) is 23.8. The number of amides is 3. The minimum atomic E-state index is -1.17. The number of nitrogens with one attached hydrogen (secondary N) is 4. The summed E-state index contributed by atoms with van der Waals surface area (Å²) in [7, 11) is 1.62. The van der Waals surface area contributed by atoms with Gasteiger partial charge in [-0.3, -0.25) is 19.2 Å². The molecule has 0 aliphatic carbocycles. The first-order valence-electron chi connectivity index (χ1n) is 21.5. The largest absolute Gasteiger partial charge is 0.481 e. The number of nitrogens with zero attached hydrogens (tertiary/aromatic N) is 2. The van der Waals surface area contributed by atoms with Crippen LogP contribution in [0.25, 0.3) is 0 Å². The Labute approximate surface area is 355 Å². The average molecular weight is 843 g/mol. The summed E-state index contributed by atoms with van der Waals surface area (Å²) < 4.78 is 21.0. The molecule has 1 fully saturated rings. The molecule has 2 heterocycles. The molecule has 3 rings (SSSR count). The van der Waals surface area contributed by atoms with Gasteiger partial charge in [-0.15, -0.1) is 11.3 Å². The number of thiazole rings is 1. The van der Waals surface area contributed by atoms with E-state index in [0.717, 1.165) is 50.6 Å². The molecule has 1 aliphatic rings. The highest BCUT2D eigenvalue weighted by atomic mass is 32.1. The molecular formula is C45H71FN6O6S. The van der Waals surface area contributed by atoms with Crippen molar-refractivity contribution < 1.29 is 33.4 Å². The van der Waals surface area contributed by atoms with Gasteiger partial charge in [0.25, 0.3) is 5.91 Å². The van der Waals surface area contributed by atoms with Gasteiger partial charge in [-0.1, -0.05) is 71.6 Å². The van der Waals surface area contributed by atoms with Crippen LogP contribution in [0.4, 0.5) is 10.1 Å². The highest BCUT2D eigenvalue weighted by Gasteiger charge is 2.38. The first-order chi connectivity index (χ1) is 28.0. The first kappa shape index (κ1) is 49.5. The Morgan fingerprint density at radius 3 is 2.47 bits per heavy atom. The molecule has 0 spiro atoms. The maximum absolute atomic E-state index is 14.8. The zero-order valence-corrected chi connectivity index (χ0v) is 37.7. The molecule has 1 aliphatic heterocycles. The van der Waals surface area contributed by atoms with E-state index >= 15 is 0 Å². The topological polar surface area (TPSA) is 162 Å². The average Bonchev–Trinajstić information content (AvgIpc) is 3.69. The van der Waals surface area contributed by atoms with Gasteiger partial charge in [0, 0.05) is 38.0 Å². The number of unbranched alkanes of at least 4 members (excludes halogenated alkanes) is 3. The lowest BCUT2D eigenvalue weighted by atomic mass is 9.84. The van der Waals surface area contributed by atoms with Crippen LogP contribution in [0, 0.1) is 23.1 Å². The van der Waals surface area contributed by atoms with Crippen LogP contribution in [-0.4, -0.2) is 89.6 Å². The number of benzene rings is 1. The van der Waals surface area contributed by atoms with Gasteiger partial charge in [-0.2, -0.15) is 0 Å². The van der Waals surface area contributed by atoms with E-state index in [1.54, 1.807) is 38.4 Å². The SMILES string of the molecule is C=C(C)[C@@H](C[C@@H](OCC)c1nc(C(=O)N[C@@H](Cc2ccc(NC)c(F)c2)CC(C)(C)C(=O)O)cs1)N(CCCCCC)C(=O)[C@@H](NC(=O)[C@H]1C[C@H](C)CCN1)[C@@H](C)CC. The molecule has 3 amide bonds. The molecule has 0 radical (unpaired) electrons. The van der Waals surface area contributed by atoms with E-state index < -0.39 is 47.3 Å². The molecule has 14 heteroatoms. The van der Waals surface area contributed by atoms with Crippen molar-refractivity contribution in [2.45, 2.75) is 150 Å². The lowest BCUT2D eigenvalue weighted by molar-refractivity contribution is -0.147. The number of anilines is 1. The van der Waals surface area contributed by atoms with Gasteiger partial charge in [0.1, 0.15) is 28.7 Å². The number of carboxylic acids is 1. The number of piperidine rings is 1. The van der Waals surface area contributed by atoms with Crippen molar-refractivity contribution in [2.24, 2.45) is 17.3 Å². The Bertz CT molecular complexity index is 1700. The molecule has 0 saturated carbocycles. The summed E-state index contributed by atoms with van der Waals surface area (Å²) in [6, 6.07) is 2.58. The predicted octanol–water partition coefficient (Wildman–Crippen LogP) is 7.91. The number of aromatic nitrogens is 1. The summed E-state index contributed by atoms with van der Waals surface area (Å²) >= 11 is 1.27. The van der Waals surface area contributed by atoms with Crippen LogP contribution in [0.1, 0.15) is 140 Å². The molecule has 5 N–H and O–H groups in total. The maximum atomic E-state index is 14.8. The quantitative estimate of drug-likeness (QED) is 0.0494. The third-order valence-corrected chi connectivity index (χ3v) is 12.5. The highest BCUT2D eigenvalue weighted by molar-refractivity contribution is 7.09. The molecule has 1 saturated heterocycles. The van der Waals surface area contributed by atoms with E-state index in [1.165, 1.54) is 17.4 Å². The van der Waals surface area contributed by atoms with Crippen molar-refractivity contribution in [3.8, 4) is 0 Å². The van der Waals surface area contributed by atoms with E-state index in [0.29, 0.717) is 48.2 Å². The van der Waals surface area contributed by atoms with E-state index in [-0.39, 0.29) is 42.3 Å². The van der Waals surface area contributed by atoms with Crippen LogP contribution in [-0.2, 0) is 25.5 Å². The summed E-state index contributed by atoms with van der Waals surface area (Å²) in [4.78, 5) is 61.0. The lowest BCUT2D eigenvalue weighted by Gasteiger charge is -2.38. The number of hydrogen-bond donors (Lipinski definition) is 5. The van der Waals surface area contributed by atoms with Gasteiger partial charge < -0.3 is 36.0 Å². The van der Waals surface area contributed by atoms with Crippen molar-refractivity contribution in [1.82, 2.24) is 25.8 Å². The van der Waals surface area contributed by atoms with Crippen molar-refractivity contribution in [1.29, 1.82) is 0 Å². The van der Waals surface area contributed by atoms with E-state index in [9.17, 15) is 28.7 Å². The Hall–Kier alpha value is -3.88. The molecule has 1 aromatic carbocycles. The Kier molecular flexibility index (Phi) is 20.0. The minimum absolute atomic E-state index is 0.0961. The van der Waals surface area contributed by atoms with Crippen molar-refractivity contribution >= 4 is 40.7 Å². The zero-order valence-electron chi connectivity index (χ0n) is 36.9. The second-order valence-electron chi connectivity index (χ2n) is 17.0. The third-order valence-electron chi connectivity index (χ3n) is 11.5. The molecule has 0 unspecified atom stereocenters. The molecule has 7 atom stereocenters. The summed E-state index contributed by atoms with van der Waals surface area (Å²) in [5, 5.41) is 24.4. The number of rotatable bonds is 25. The Morgan fingerprint density at radius 2 is 1.88 bits per heavy atom. The van der Waals surface area contributed by atoms with Crippen LogP contribution in [0.2, 0.25) is 0 Å². The van der Waals surface area contributed by atoms with Crippen LogP contribution in [0.15, 0.2) is 35.7 Å². The highest BCUT2D eigenvalue weighted by Crippen LogP contribution is 2.32. The van der Waals surface area contributed by atoms with Crippen molar-refractivity contribution in [2.75, 3.05) is 32.1 Å². The summed E-state index contributed by atoms with van der Waals surface area (Å²) in [5.74, 6) is -1.94. The van der Waals surface area contributed by atoms with Crippen molar-refractivity contribution in [3.05, 3.63) is 57.8 Å². The standard InChI is InChI=1S/C45H71FN6O6S/c1-11-14-15-16-21-52(43(55)39(30(7)12-2)51-40(53)35-22-29(6)19-20-48-35)37(28(4)5)25-38(58-13-3)42-50-36(27-59-42)41(54)49-32(26-45(8,9)44(56)57)23-31-17-18-34(47-10)33(46)24-31/h17-18,24,27,29-30,32,35,37-39,47-48H,4,11-16,19-23,25-26H2,1-3,5-10H3,(H,49,54)(H,51,53)(H,56,57)/t29-,30+,32+,35-,37-,38-,39+/m1/s1. The van der Waals surface area contributed by atoms with Crippen LogP contribution in [0.3, 0.4) is 0 Å². The summed E-state index contributed by atoms with van der Waals surface area (Å²) in [5.41, 5.74) is 0.690. The Balaban J connectivity index is 1.91. The zero-order chi connectivity index (χ0) is 43.9. The monoisotopic (exact) mass is 843 g/mol. The molecular weight excluding hydrogens is 772 g/mol. The van der Waals surface area contributed by atoms with Crippen LogP contribution >= 0.6 is 11.3 Å². The second-order valence-corrected chi connectivity index (χ2v) is 17.9. The van der Waals surface area contributed by atoms with E-state index in [2.05, 4.69) is 41.7 Å². The van der Waals surface area contributed by atoms with E-state index in [4.69, 9.17) is 9.72 Å². The molecule has 0 bridgehead atoms. The molecule has 1 aromatic heterocycles. The van der Waals surface area contributed by atoms with Crippen molar-refractivity contribution in [3.63, 3.8) is 0 Å². The number of carbonyl (C=O) groups excluding carboxylic acids is 3. The molecule has 59 heavy (non-hydrogen) atoms. The number of aliphatic carboxylic acids is 1. The van der Waals surface area contributed by atoms with Gasteiger partial charge in [-0.05, 0) is 95.9 Å². The summed E-state index contributed by atoms with van der Waals surface area (Å²) in [6.07, 6.45) is 6.31. The number of carboxylic acid groups (broad SMARTS) is 1. The fraction of sp³-hybridized carbons (Fsp3) is 0.667. The molecule has 330 valence electrons. The fourth-order valence-electron chi connectivity index (χ4n) is 7.64. The third kappa shape index (κ3) is 14.7. The van der Waals surface area contributed by atoms with Gasteiger partial charge in [-0.25, -0.2) is 9.37 Å². The van der Waals surface area contributed by atoms with Crippen LogP contribution < -0.4 is 21.3 Å². The number of ether oxygens (including phenoxy) is 1. The molecule has 12 nitrogen and oxygen atoms in total. The minimum Gasteiger partial charge on any atom is -0.481 e. The van der Waals surface area contributed by atoms with Crippen LogP contribution in [0.5, 0.6) is 0 Å². The van der Waals surface area contributed by atoms with Gasteiger partial charge in [0.2, 0.25) is 11.8 Å². The summed E-state index contributed by atoms with van der Waals surface area (Å²) in [6.45, 7) is 21.2. The number of halogens is 1. The fourth-order valence-corrected chi connectivity index (χ4v) is 8.50. The normalized spacial score (nSPS) is 18.2. The Morgan fingerprint density at radius 1 is 1.15 bits per heavy atom. The maximum Gasteiger partial charge on any atom is 0.309 e. The van der Waals surface area contributed by atoms with E-state index in [1.807, 2.05) is 32.6 Å².